The molecule has 1 rings (SSSR count). The number of rotatable bonds is 10. The molecule has 0 aromatic carbocycles. The molecule has 0 bridgehead atoms. The molecule has 1 saturated heterocycles. The Balaban J connectivity index is 2.27. The van der Waals surface area contributed by atoms with Crippen LogP contribution in [0.5, 0.6) is 0 Å². The van der Waals surface area contributed by atoms with E-state index in [0.29, 0.717) is 0 Å². The number of unbranched alkanes of at least 4 members (excludes halogenated alkanes) is 6. The Bertz CT molecular complexity index is 275. The minimum atomic E-state index is -2.01. The zero-order valence-corrected chi connectivity index (χ0v) is 14.3. The van der Waals surface area contributed by atoms with Crippen LogP contribution in [0, 0.1) is 0 Å². The fourth-order valence-electron chi connectivity index (χ4n) is 3.23. The van der Waals surface area contributed by atoms with E-state index in [1.54, 1.807) is 0 Å². The summed E-state index contributed by atoms with van der Waals surface area (Å²) in [5, 5.41) is 9.52. The second-order valence-electron chi connectivity index (χ2n) is 6.42. The van der Waals surface area contributed by atoms with Crippen LogP contribution in [-0.4, -0.2) is 26.0 Å². The lowest BCUT2D eigenvalue weighted by molar-refractivity contribution is -0.137. The monoisotopic (exact) mass is 300 g/mol. The summed E-state index contributed by atoms with van der Waals surface area (Å²) in [4.78, 5) is 11.6. The molecule has 118 valence electrons. The number of hydrogen-bond acceptors (Lipinski definition) is 2. The second kappa shape index (κ2) is 9.56. The van der Waals surface area contributed by atoms with Crippen molar-refractivity contribution in [2.24, 2.45) is 0 Å². The van der Waals surface area contributed by atoms with Crippen molar-refractivity contribution in [3.8, 4) is 0 Å². The summed E-state index contributed by atoms with van der Waals surface area (Å²) in [6.07, 6.45) is 11.8. The molecular formula is C16H32O3Si. The largest absolute Gasteiger partial charge is 0.481 e. The average Bonchev–Trinajstić information content (AvgIpc) is 2.42. The molecule has 20 heavy (non-hydrogen) atoms. The maximum atomic E-state index is 11.6. The standard InChI is InChI=1S/C16H32O3Si/c1-3-4-5-6-7-8-9-12-15(16(17)18)20(2)14-11-10-13-19-20/h15H,3-14H2,1-2H3,(H,17,18). The summed E-state index contributed by atoms with van der Waals surface area (Å²) < 4.78 is 5.96. The van der Waals surface area contributed by atoms with Crippen LogP contribution < -0.4 is 0 Å². The topological polar surface area (TPSA) is 46.5 Å². The summed E-state index contributed by atoms with van der Waals surface area (Å²) >= 11 is 0. The summed E-state index contributed by atoms with van der Waals surface area (Å²) in [6, 6.07) is 1.03. The molecule has 1 heterocycles. The average molecular weight is 301 g/mol. The summed E-state index contributed by atoms with van der Waals surface area (Å²) in [6.45, 7) is 5.14. The first-order chi connectivity index (χ1) is 9.60. The molecule has 1 N–H and O–H groups in total. The molecule has 2 unspecified atom stereocenters. The van der Waals surface area contributed by atoms with Crippen LogP contribution in [0.3, 0.4) is 0 Å². The fourth-order valence-corrected chi connectivity index (χ4v) is 6.82. The zero-order chi connectivity index (χ0) is 14.8. The molecule has 3 nitrogen and oxygen atoms in total. The van der Waals surface area contributed by atoms with E-state index in [2.05, 4.69) is 13.5 Å². The van der Waals surface area contributed by atoms with Gasteiger partial charge >= 0.3 is 5.97 Å². The van der Waals surface area contributed by atoms with E-state index in [0.717, 1.165) is 38.3 Å². The third-order valence-corrected chi connectivity index (χ3v) is 8.85. The Hall–Kier alpha value is -0.353. The molecule has 1 aliphatic heterocycles. The first kappa shape index (κ1) is 17.7. The van der Waals surface area contributed by atoms with Crippen molar-refractivity contribution >= 4 is 14.3 Å². The van der Waals surface area contributed by atoms with Crippen LogP contribution in [0.2, 0.25) is 18.1 Å². The molecule has 0 amide bonds. The van der Waals surface area contributed by atoms with Crippen molar-refractivity contribution in [2.45, 2.75) is 89.3 Å². The van der Waals surface area contributed by atoms with Gasteiger partial charge in [-0.15, -0.1) is 0 Å². The lowest BCUT2D eigenvalue weighted by atomic mass is 10.1. The highest BCUT2D eigenvalue weighted by Crippen LogP contribution is 2.36. The smallest absolute Gasteiger partial charge is 0.306 e. The van der Waals surface area contributed by atoms with E-state index >= 15 is 0 Å². The molecular weight excluding hydrogens is 268 g/mol. The lowest BCUT2D eigenvalue weighted by Crippen LogP contribution is -2.45. The first-order valence-electron chi connectivity index (χ1n) is 8.47. The molecule has 0 aromatic heterocycles. The van der Waals surface area contributed by atoms with Crippen molar-refractivity contribution in [1.82, 2.24) is 0 Å². The molecule has 2 atom stereocenters. The van der Waals surface area contributed by atoms with Gasteiger partial charge in [-0.3, -0.25) is 4.79 Å². The number of carboxylic acids is 1. The van der Waals surface area contributed by atoms with Gasteiger partial charge in [0.1, 0.15) is 0 Å². The van der Waals surface area contributed by atoms with Crippen molar-refractivity contribution in [2.75, 3.05) is 6.61 Å². The summed E-state index contributed by atoms with van der Waals surface area (Å²) in [5.41, 5.74) is -0.196. The highest BCUT2D eigenvalue weighted by molar-refractivity contribution is 6.77. The minimum Gasteiger partial charge on any atom is -0.481 e. The third-order valence-electron chi connectivity index (χ3n) is 4.63. The van der Waals surface area contributed by atoms with Crippen molar-refractivity contribution in [3.63, 3.8) is 0 Å². The van der Waals surface area contributed by atoms with E-state index < -0.39 is 14.3 Å². The van der Waals surface area contributed by atoms with E-state index in [4.69, 9.17) is 4.43 Å². The van der Waals surface area contributed by atoms with Crippen molar-refractivity contribution < 1.29 is 14.3 Å². The third kappa shape index (κ3) is 5.96. The van der Waals surface area contributed by atoms with Gasteiger partial charge in [0.2, 0.25) is 8.32 Å². The normalized spacial score (nSPS) is 24.5. The highest BCUT2D eigenvalue weighted by atomic mass is 28.4. The van der Waals surface area contributed by atoms with Gasteiger partial charge in [-0.05, 0) is 25.4 Å². The minimum absolute atomic E-state index is 0.196. The Kier molecular flexibility index (Phi) is 8.46. The quantitative estimate of drug-likeness (QED) is 0.458. The summed E-state index contributed by atoms with van der Waals surface area (Å²) in [5.74, 6) is -0.618. The van der Waals surface area contributed by atoms with Gasteiger partial charge in [-0.25, -0.2) is 0 Å². The molecule has 0 saturated carbocycles. The van der Waals surface area contributed by atoms with E-state index in [-0.39, 0.29) is 5.54 Å². The number of carbonyl (C=O) groups is 1. The van der Waals surface area contributed by atoms with Crippen LogP contribution in [0.4, 0.5) is 0 Å². The first-order valence-corrected chi connectivity index (χ1v) is 11.2. The van der Waals surface area contributed by atoms with Gasteiger partial charge in [-0.1, -0.05) is 58.3 Å². The highest BCUT2D eigenvalue weighted by Gasteiger charge is 2.43. The van der Waals surface area contributed by atoms with Gasteiger partial charge in [0.05, 0.1) is 5.54 Å². The Morgan fingerprint density at radius 1 is 1.15 bits per heavy atom. The summed E-state index contributed by atoms with van der Waals surface area (Å²) in [7, 11) is -2.01. The molecule has 1 fully saturated rings. The second-order valence-corrected chi connectivity index (χ2v) is 10.5. The predicted octanol–water partition coefficient (Wildman–Crippen LogP) is 4.97. The predicted molar refractivity (Wildman–Crippen MR) is 85.6 cm³/mol. The fraction of sp³-hybridized carbons (Fsp3) is 0.938. The molecule has 0 radical (unpaired) electrons. The number of hydrogen-bond donors (Lipinski definition) is 1. The van der Waals surface area contributed by atoms with Crippen LogP contribution in [-0.2, 0) is 9.22 Å². The Morgan fingerprint density at radius 3 is 2.35 bits per heavy atom. The van der Waals surface area contributed by atoms with Gasteiger partial charge in [0.25, 0.3) is 0 Å². The SMILES string of the molecule is CCCCCCCCCC(C(=O)O)[Si]1(C)CCCCO1. The van der Waals surface area contributed by atoms with Crippen molar-refractivity contribution in [3.05, 3.63) is 0 Å². The molecule has 4 heteroatoms. The van der Waals surface area contributed by atoms with Crippen molar-refractivity contribution in [1.29, 1.82) is 0 Å². The van der Waals surface area contributed by atoms with Gasteiger partial charge in [-0.2, -0.15) is 0 Å². The van der Waals surface area contributed by atoms with Gasteiger partial charge in [0, 0.05) is 6.61 Å². The van der Waals surface area contributed by atoms with Crippen LogP contribution in [0.1, 0.15) is 71.1 Å². The van der Waals surface area contributed by atoms with E-state index in [1.165, 1.54) is 38.5 Å². The molecule has 0 aromatic rings. The number of aliphatic carboxylic acids is 1. The Labute approximate surface area is 125 Å². The molecule has 1 aliphatic rings. The maximum absolute atomic E-state index is 11.6. The van der Waals surface area contributed by atoms with E-state index in [9.17, 15) is 9.90 Å². The molecule has 0 aliphatic carbocycles. The molecule has 0 spiro atoms. The van der Waals surface area contributed by atoms with Crippen LogP contribution >= 0.6 is 0 Å². The number of carboxylic acid groups (broad SMARTS) is 1. The Morgan fingerprint density at radius 2 is 1.80 bits per heavy atom. The lowest BCUT2D eigenvalue weighted by Gasteiger charge is -2.36. The van der Waals surface area contributed by atoms with Gasteiger partial charge < -0.3 is 9.53 Å². The van der Waals surface area contributed by atoms with E-state index in [1.807, 2.05) is 0 Å². The van der Waals surface area contributed by atoms with Crippen LogP contribution in [0.25, 0.3) is 0 Å². The van der Waals surface area contributed by atoms with Gasteiger partial charge in [0.15, 0.2) is 0 Å². The zero-order valence-electron chi connectivity index (χ0n) is 13.3. The maximum Gasteiger partial charge on any atom is 0.306 e. The van der Waals surface area contributed by atoms with Crippen LogP contribution in [0.15, 0.2) is 0 Å².